The van der Waals surface area contributed by atoms with Gasteiger partial charge in [0.1, 0.15) is 5.82 Å². The Morgan fingerprint density at radius 3 is 2.64 bits per heavy atom. The van der Waals surface area contributed by atoms with Crippen LogP contribution in [0.2, 0.25) is 0 Å². The van der Waals surface area contributed by atoms with Gasteiger partial charge >= 0.3 is 0 Å². The Bertz CT molecular complexity index is 672. The van der Waals surface area contributed by atoms with Crippen molar-refractivity contribution in [3.63, 3.8) is 0 Å². The van der Waals surface area contributed by atoms with Crippen molar-refractivity contribution in [1.29, 1.82) is 0 Å². The van der Waals surface area contributed by atoms with Gasteiger partial charge in [-0.25, -0.2) is 4.39 Å². The van der Waals surface area contributed by atoms with Gasteiger partial charge in [-0.1, -0.05) is 42.5 Å². The zero-order valence-electron chi connectivity index (χ0n) is 12.4. The number of carbonyl (C=O) groups is 1. The minimum Gasteiger partial charge on any atom is -0.351 e. The van der Waals surface area contributed by atoms with E-state index in [2.05, 4.69) is 28.4 Å². The molecule has 1 N–H and O–H groups in total. The summed E-state index contributed by atoms with van der Waals surface area (Å²) in [5.41, 5.74) is 3.17. The predicted octanol–water partition coefficient (Wildman–Crippen LogP) is 2.50. The minimum atomic E-state index is -0.283. The zero-order chi connectivity index (χ0) is 15.4. The van der Waals surface area contributed by atoms with Crippen LogP contribution in [0.1, 0.15) is 16.7 Å². The van der Waals surface area contributed by atoms with E-state index in [0.29, 0.717) is 12.1 Å². The third-order valence-corrected chi connectivity index (χ3v) is 4.01. The van der Waals surface area contributed by atoms with Crippen LogP contribution in [0.3, 0.4) is 0 Å². The van der Waals surface area contributed by atoms with Gasteiger partial charge in [0, 0.05) is 25.2 Å². The lowest BCUT2D eigenvalue weighted by atomic mass is 10.00. The normalized spacial score (nSPS) is 14.4. The highest BCUT2D eigenvalue weighted by Gasteiger charge is 2.17. The van der Waals surface area contributed by atoms with Crippen molar-refractivity contribution in [3.8, 4) is 0 Å². The topological polar surface area (TPSA) is 32.3 Å². The Kier molecular flexibility index (Phi) is 4.49. The first-order chi connectivity index (χ1) is 10.7. The first-order valence-electron chi connectivity index (χ1n) is 7.51. The molecule has 0 radical (unpaired) electrons. The number of rotatable bonds is 4. The van der Waals surface area contributed by atoms with E-state index in [0.717, 1.165) is 19.5 Å². The summed E-state index contributed by atoms with van der Waals surface area (Å²) in [6, 6.07) is 14.8. The molecule has 0 fully saturated rings. The van der Waals surface area contributed by atoms with E-state index in [-0.39, 0.29) is 18.3 Å². The van der Waals surface area contributed by atoms with Gasteiger partial charge in [0.2, 0.25) is 5.91 Å². The summed E-state index contributed by atoms with van der Waals surface area (Å²) in [6.07, 6.45) is 0.969. The Hall–Kier alpha value is -2.20. The Labute approximate surface area is 129 Å². The van der Waals surface area contributed by atoms with E-state index in [1.165, 1.54) is 17.2 Å². The van der Waals surface area contributed by atoms with E-state index >= 15 is 0 Å². The summed E-state index contributed by atoms with van der Waals surface area (Å²) >= 11 is 0. The highest BCUT2D eigenvalue weighted by Crippen LogP contribution is 2.17. The molecule has 0 saturated heterocycles. The second-order valence-electron chi connectivity index (χ2n) is 5.60. The average Bonchev–Trinajstić information content (AvgIpc) is 2.54. The number of fused-ring (bicyclic) bond motifs is 1. The number of carbonyl (C=O) groups excluding carboxylic acids is 1. The third-order valence-electron chi connectivity index (χ3n) is 4.01. The Balaban J connectivity index is 1.52. The first kappa shape index (κ1) is 14.7. The molecule has 0 atom stereocenters. The van der Waals surface area contributed by atoms with Gasteiger partial charge in [-0.15, -0.1) is 0 Å². The molecule has 4 heteroatoms. The fourth-order valence-electron chi connectivity index (χ4n) is 2.78. The van der Waals surface area contributed by atoms with Crippen LogP contribution >= 0.6 is 0 Å². The van der Waals surface area contributed by atoms with Crippen molar-refractivity contribution in [3.05, 3.63) is 71.0 Å². The third kappa shape index (κ3) is 3.52. The lowest BCUT2D eigenvalue weighted by molar-refractivity contribution is -0.122. The van der Waals surface area contributed by atoms with Crippen molar-refractivity contribution in [1.82, 2.24) is 10.2 Å². The molecule has 0 spiro atoms. The van der Waals surface area contributed by atoms with E-state index in [1.807, 2.05) is 6.07 Å². The first-order valence-corrected chi connectivity index (χ1v) is 7.51. The number of nitrogens with zero attached hydrogens (tertiary/aromatic N) is 1. The molecule has 114 valence electrons. The number of amides is 1. The highest BCUT2D eigenvalue weighted by molar-refractivity contribution is 5.78. The molecule has 2 aromatic carbocycles. The second-order valence-corrected chi connectivity index (χ2v) is 5.60. The van der Waals surface area contributed by atoms with Crippen LogP contribution in [0.5, 0.6) is 0 Å². The van der Waals surface area contributed by atoms with Gasteiger partial charge in [-0.3, -0.25) is 9.69 Å². The van der Waals surface area contributed by atoms with E-state index in [1.54, 1.807) is 18.2 Å². The average molecular weight is 298 g/mol. The van der Waals surface area contributed by atoms with Gasteiger partial charge < -0.3 is 5.32 Å². The maximum absolute atomic E-state index is 13.5. The molecule has 0 aromatic heterocycles. The van der Waals surface area contributed by atoms with Gasteiger partial charge in [-0.2, -0.15) is 0 Å². The summed E-state index contributed by atoms with van der Waals surface area (Å²) in [5, 5.41) is 2.79. The summed E-state index contributed by atoms with van der Waals surface area (Å²) in [4.78, 5) is 14.2. The number of hydrogen-bond donors (Lipinski definition) is 1. The van der Waals surface area contributed by atoms with Crippen molar-refractivity contribution < 1.29 is 9.18 Å². The second kappa shape index (κ2) is 6.71. The Morgan fingerprint density at radius 1 is 1.09 bits per heavy atom. The predicted molar refractivity (Wildman–Crippen MR) is 83.7 cm³/mol. The minimum absolute atomic E-state index is 0.0670. The lowest BCUT2D eigenvalue weighted by Crippen LogP contribution is -2.39. The van der Waals surface area contributed by atoms with E-state index in [9.17, 15) is 9.18 Å². The molecular weight excluding hydrogens is 279 g/mol. The van der Waals surface area contributed by atoms with Crippen LogP contribution in [0, 0.1) is 5.82 Å². The summed E-state index contributed by atoms with van der Waals surface area (Å²) < 4.78 is 13.5. The molecule has 0 bridgehead atoms. The van der Waals surface area contributed by atoms with Gasteiger partial charge in [-0.05, 0) is 23.6 Å². The monoisotopic (exact) mass is 298 g/mol. The van der Waals surface area contributed by atoms with Gasteiger partial charge in [0.25, 0.3) is 0 Å². The van der Waals surface area contributed by atoms with Crippen LogP contribution in [-0.2, 0) is 24.3 Å². The van der Waals surface area contributed by atoms with Crippen LogP contribution in [0.25, 0.3) is 0 Å². The molecule has 2 aromatic rings. The molecule has 0 unspecified atom stereocenters. The molecule has 22 heavy (non-hydrogen) atoms. The molecule has 1 heterocycles. The molecule has 3 rings (SSSR count). The van der Waals surface area contributed by atoms with Gasteiger partial charge in [0.15, 0.2) is 0 Å². The van der Waals surface area contributed by atoms with Crippen molar-refractivity contribution in [2.75, 3.05) is 13.1 Å². The van der Waals surface area contributed by atoms with Crippen molar-refractivity contribution in [2.24, 2.45) is 0 Å². The van der Waals surface area contributed by atoms with Crippen molar-refractivity contribution >= 4 is 5.91 Å². The molecule has 1 aliphatic heterocycles. The fraction of sp³-hybridized carbons (Fsp3) is 0.278. The number of halogens is 1. The zero-order valence-corrected chi connectivity index (χ0v) is 12.4. The molecule has 3 nitrogen and oxygen atoms in total. The van der Waals surface area contributed by atoms with Crippen LogP contribution in [0.4, 0.5) is 4.39 Å². The maximum Gasteiger partial charge on any atom is 0.234 e. The van der Waals surface area contributed by atoms with E-state index in [4.69, 9.17) is 0 Å². The molecule has 0 saturated carbocycles. The summed E-state index contributed by atoms with van der Waals surface area (Å²) in [7, 11) is 0. The number of benzene rings is 2. The molecular formula is C18H19FN2O. The highest BCUT2D eigenvalue weighted by atomic mass is 19.1. The number of nitrogens with one attached hydrogen (secondary N) is 1. The SMILES string of the molecule is O=C(CN1CCc2ccccc2C1)NCc1ccccc1F. The fourth-order valence-corrected chi connectivity index (χ4v) is 2.78. The standard InChI is InChI=1S/C18H19FN2O/c19-17-8-4-3-6-15(17)11-20-18(22)13-21-10-9-14-5-1-2-7-16(14)12-21/h1-8H,9-13H2,(H,20,22). The molecule has 1 amide bonds. The summed E-state index contributed by atoms with van der Waals surface area (Å²) in [5.74, 6) is -0.350. The lowest BCUT2D eigenvalue weighted by Gasteiger charge is -2.28. The van der Waals surface area contributed by atoms with E-state index < -0.39 is 0 Å². The quantitative estimate of drug-likeness (QED) is 0.940. The number of hydrogen-bond acceptors (Lipinski definition) is 2. The largest absolute Gasteiger partial charge is 0.351 e. The maximum atomic E-state index is 13.5. The van der Waals surface area contributed by atoms with Crippen LogP contribution in [-0.4, -0.2) is 23.9 Å². The summed E-state index contributed by atoms with van der Waals surface area (Å²) in [6.45, 7) is 2.26. The smallest absolute Gasteiger partial charge is 0.234 e. The van der Waals surface area contributed by atoms with Crippen molar-refractivity contribution in [2.45, 2.75) is 19.5 Å². The molecule has 0 aliphatic carbocycles. The van der Waals surface area contributed by atoms with Crippen LogP contribution < -0.4 is 5.32 Å². The Morgan fingerprint density at radius 2 is 1.82 bits per heavy atom. The van der Waals surface area contributed by atoms with Crippen LogP contribution in [0.15, 0.2) is 48.5 Å². The van der Waals surface area contributed by atoms with Gasteiger partial charge in [0.05, 0.1) is 6.54 Å². The molecule has 1 aliphatic rings.